The molecule has 3 aliphatic rings. The Morgan fingerprint density at radius 2 is 1.71 bits per heavy atom. The lowest BCUT2D eigenvalue weighted by Gasteiger charge is -2.39. The van der Waals surface area contributed by atoms with Gasteiger partial charge in [0.1, 0.15) is 0 Å². The Morgan fingerprint density at radius 3 is 2.33 bits per heavy atom. The van der Waals surface area contributed by atoms with E-state index in [0.29, 0.717) is 5.41 Å². The van der Waals surface area contributed by atoms with Gasteiger partial charge in [-0.15, -0.1) is 0 Å². The van der Waals surface area contributed by atoms with Gasteiger partial charge < -0.3 is 5.32 Å². The van der Waals surface area contributed by atoms with Crippen molar-refractivity contribution in [2.75, 3.05) is 19.6 Å². The lowest BCUT2D eigenvalue weighted by molar-refractivity contribution is 0.113. The zero-order chi connectivity index (χ0) is 14.9. The normalized spacial score (nSPS) is 39.0. The molecular formula is C19H36N2. The molecule has 3 rings (SSSR count). The Bertz CT molecular complexity index is 319. The summed E-state index contributed by atoms with van der Waals surface area (Å²) >= 11 is 0. The van der Waals surface area contributed by atoms with E-state index in [2.05, 4.69) is 31.0 Å². The van der Waals surface area contributed by atoms with Crippen LogP contribution in [-0.4, -0.2) is 36.6 Å². The van der Waals surface area contributed by atoms with Gasteiger partial charge in [0.05, 0.1) is 0 Å². The molecule has 2 heterocycles. The molecule has 2 aliphatic heterocycles. The van der Waals surface area contributed by atoms with Crippen molar-refractivity contribution in [3.8, 4) is 0 Å². The summed E-state index contributed by atoms with van der Waals surface area (Å²) in [5.41, 5.74) is 0.523. The van der Waals surface area contributed by atoms with Crippen molar-refractivity contribution < 1.29 is 0 Å². The Balaban J connectivity index is 1.48. The van der Waals surface area contributed by atoms with Gasteiger partial charge >= 0.3 is 0 Å². The first-order valence-electron chi connectivity index (χ1n) is 9.51. The molecule has 1 N–H and O–H groups in total. The predicted molar refractivity (Wildman–Crippen MR) is 90.5 cm³/mol. The van der Waals surface area contributed by atoms with E-state index in [9.17, 15) is 0 Å². The van der Waals surface area contributed by atoms with Crippen molar-refractivity contribution >= 4 is 0 Å². The number of nitrogens with one attached hydrogen (secondary N) is 1. The quantitative estimate of drug-likeness (QED) is 0.844. The van der Waals surface area contributed by atoms with Crippen LogP contribution in [0.5, 0.6) is 0 Å². The van der Waals surface area contributed by atoms with Gasteiger partial charge in [-0.2, -0.15) is 0 Å². The van der Waals surface area contributed by atoms with E-state index < -0.39 is 0 Å². The molecule has 21 heavy (non-hydrogen) atoms. The number of likely N-dealkylation sites (tertiary alicyclic amines) is 1. The third-order valence-corrected chi connectivity index (χ3v) is 6.54. The maximum Gasteiger partial charge on any atom is 0.0249 e. The molecule has 1 saturated carbocycles. The molecule has 122 valence electrons. The van der Waals surface area contributed by atoms with E-state index in [0.717, 1.165) is 23.9 Å². The first-order valence-corrected chi connectivity index (χ1v) is 9.51. The van der Waals surface area contributed by atoms with Gasteiger partial charge in [0.15, 0.2) is 0 Å². The number of hydrogen-bond donors (Lipinski definition) is 1. The summed E-state index contributed by atoms with van der Waals surface area (Å²) in [6.45, 7) is 11.3. The minimum atomic E-state index is 0.523. The standard InChI is InChI=1S/C19H36N2/c1-19(2,3)16-10-8-15(9-11-16)14-21-13-5-7-18(21)17-6-4-12-20-17/h15-18,20H,4-14H2,1-3H3. The van der Waals surface area contributed by atoms with E-state index >= 15 is 0 Å². The fourth-order valence-corrected chi connectivity index (χ4v) is 5.12. The second kappa shape index (κ2) is 6.58. The van der Waals surface area contributed by atoms with E-state index in [1.807, 2.05) is 0 Å². The van der Waals surface area contributed by atoms with Crippen molar-refractivity contribution in [1.82, 2.24) is 10.2 Å². The summed E-state index contributed by atoms with van der Waals surface area (Å²) in [6, 6.07) is 1.66. The SMILES string of the molecule is CC(C)(C)C1CCC(CN2CCCC2C2CCCN2)CC1. The van der Waals surface area contributed by atoms with Gasteiger partial charge in [0.25, 0.3) is 0 Å². The molecule has 0 aromatic heterocycles. The lowest BCUT2D eigenvalue weighted by atomic mass is 9.70. The van der Waals surface area contributed by atoms with Crippen molar-refractivity contribution in [2.24, 2.45) is 17.3 Å². The molecule has 1 aliphatic carbocycles. The Morgan fingerprint density at radius 1 is 0.952 bits per heavy atom. The van der Waals surface area contributed by atoms with Crippen LogP contribution in [0.25, 0.3) is 0 Å². The summed E-state index contributed by atoms with van der Waals surface area (Å²) in [6.07, 6.45) is 11.6. The molecule has 0 aromatic carbocycles. The van der Waals surface area contributed by atoms with Crippen LogP contribution in [0.1, 0.15) is 72.1 Å². The molecule has 0 amide bonds. The summed E-state index contributed by atoms with van der Waals surface area (Å²) < 4.78 is 0. The van der Waals surface area contributed by atoms with Crippen LogP contribution in [0, 0.1) is 17.3 Å². The van der Waals surface area contributed by atoms with Crippen molar-refractivity contribution in [2.45, 2.75) is 84.2 Å². The maximum atomic E-state index is 3.75. The van der Waals surface area contributed by atoms with Crippen LogP contribution in [-0.2, 0) is 0 Å². The molecule has 0 spiro atoms. The van der Waals surface area contributed by atoms with Crippen molar-refractivity contribution in [1.29, 1.82) is 0 Å². The first kappa shape index (κ1) is 15.8. The molecule has 2 atom stereocenters. The van der Waals surface area contributed by atoms with Crippen LogP contribution < -0.4 is 5.32 Å². The van der Waals surface area contributed by atoms with Gasteiger partial charge in [-0.25, -0.2) is 0 Å². The highest BCUT2D eigenvalue weighted by Crippen LogP contribution is 2.40. The van der Waals surface area contributed by atoms with Gasteiger partial charge in [0, 0.05) is 18.6 Å². The number of rotatable bonds is 3. The minimum absolute atomic E-state index is 0.523. The van der Waals surface area contributed by atoms with Gasteiger partial charge in [-0.3, -0.25) is 4.90 Å². The minimum Gasteiger partial charge on any atom is -0.312 e. The molecule has 0 bridgehead atoms. The Kier molecular flexibility index (Phi) is 4.95. The largest absolute Gasteiger partial charge is 0.312 e. The fourth-order valence-electron chi connectivity index (χ4n) is 5.12. The molecule has 3 fully saturated rings. The Labute approximate surface area is 132 Å². The highest BCUT2D eigenvalue weighted by Gasteiger charge is 2.36. The van der Waals surface area contributed by atoms with Gasteiger partial charge in [0.2, 0.25) is 0 Å². The van der Waals surface area contributed by atoms with Crippen LogP contribution in [0.4, 0.5) is 0 Å². The Hall–Kier alpha value is -0.0800. The molecule has 0 aromatic rings. The fraction of sp³-hybridized carbons (Fsp3) is 1.00. The lowest BCUT2D eigenvalue weighted by Crippen LogP contribution is -2.46. The first-order chi connectivity index (χ1) is 10.0. The summed E-state index contributed by atoms with van der Waals surface area (Å²) in [4.78, 5) is 2.85. The van der Waals surface area contributed by atoms with Crippen molar-refractivity contribution in [3.05, 3.63) is 0 Å². The predicted octanol–water partition coefficient (Wildman–Crippen LogP) is 4.06. The average Bonchev–Trinajstić information content (AvgIpc) is 3.08. The third-order valence-electron chi connectivity index (χ3n) is 6.54. The molecular weight excluding hydrogens is 256 g/mol. The van der Waals surface area contributed by atoms with Gasteiger partial charge in [-0.1, -0.05) is 20.8 Å². The molecule has 2 unspecified atom stereocenters. The second-order valence-electron chi connectivity index (χ2n) is 8.99. The zero-order valence-corrected chi connectivity index (χ0v) is 14.5. The summed E-state index contributed by atoms with van der Waals surface area (Å²) in [5.74, 6) is 1.94. The van der Waals surface area contributed by atoms with E-state index in [1.54, 1.807) is 0 Å². The zero-order valence-electron chi connectivity index (χ0n) is 14.5. The van der Waals surface area contributed by atoms with E-state index in [1.165, 1.54) is 71.0 Å². The third kappa shape index (κ3) is 3.82. The van der Waals surface area contributed by atoms with E-state index in [-0.39, 0.29) is 0 Å². The molecule has 2 saturated heterocycles. The summed E-state index contributed by atoms with van der Waals surface area (Å²) in [5, 5.41) is 3.75. The topological polar surface area (TPSA) is 15.3 Å². The molecule has 0 radical (unpaired) electrons. The highest BCUT2D eigenvalue weighted by molar-refractivity contribution is 4.93. The smallest absolute Gasteiger partial charge is 0.0249 e. The highest BCUT2D eigenvalue weighted by atomic mass is 15.2. The van der Waals surface area contributed by atoms with Gasteiger partial charge in [-0.05, 0) is 81.7 Å². The average molecular weight is 293 g/mol. The van der Waals surface area contributed by atoms with Crippen LogP contribution in [0.3, 0.4) is 0 Å². The molecule has 2 nitrogen and oxygen atoms in total. The maximum absolute atomic E-state index is 3.75. The molecule has 2 heteroatoms. The van der Waals surface area contributed by atoms with Crippen LogP contribution in [0.2, 0.25) is 0 Å². The van der Waals surface area contributed by atoms with Crippen molar-refractivity contribution in [3.63, 3.8) is 0 Å². The summed E-state index contributed by atoms with van der Waals surface area (Å²) in [7, 11) is 0. The second-order valence-corrected chi connectivity index (χ2v) is 8.99. The van der Waals surface area contributed by atoms with Crippen LogP contribution >= 0.6 is 0 Å². The number of nitrogens with zero attached hydrogens (tertiary/aromatic N) is 1. The number of hydrogen-bond acceptors (Lipinski definition) is 2. The van der Waals surface area contributed by atoms with E-state index in [4.69, 9.17) is 0 Å². The monoisotopic (exact) mass is 292 g/mol. The van der Waals surface area contributed by atoms with Crippen LogP contribution in [0.15, 0.2) is 0 Å².